The van der Waals surface area contributed by atoms with Gasteiger partial charge in [-0.05, 0) is 25.7 Å². The molecule has 1 aromatic rings. The van der Waals surface area contributed by atoms with E-state index in [2.05, 4.69) is 15.6 Å². The Hall–Kier alpha value is -0.940. The number of hydrogen-bond donors (Lipinski definition) is 1. The van der Waals surface area contributed by atoms with Crippen molar-refractivity contribution in [3.05, 3.63) is 12.4 Å². The number of rotatable bonds is 5. The van der Waals surface area contributed by atoms with Crippen molar-refractivity contribution < 1.29 is 4.74 Å². The van der Waals surface area contributed by atoms with Gasteiger partial charge in [0.1, 0.15) is 0 Å². The average molecular weight is 250 g/mol. The molecule has 18 heavy (non-hydrogen) atoms. The van der Waals surface area contributed by atoms with E-state index in [-0.39, 0.29) is 5.60 Å². The van der Waals surface area contributed by atoms with E-state index in [0.29, 0.717) is 6.10 Å². The van der Waals surface area contributed by atoms with E-state index in [1.165, 1.54) is 38.5 Å². The summed E-state index contributed by atoms with van der Waals surface area (Å²) in [7, 11) is 0. The van der Waals surface area contributed by atoms with Crippen LogP contribution < -0.4 is 5.32 Å². The molecular formula is C13H22N4O. The van der Waals surface area contributed by atoms with Crippen LogP contribution in [0.3, 0.4) is 0 Å². The Morgan fingerprint density at radius 1 is 1.33 bits per heavy atom. The maximum atomic E-state index is 6.25. The molecule has 0 amide bonds. The van der Waals surface area contributed by atoms with Crippen LogP contribution in [0, 0.1) is 0 Å². The van der Waals surface area contributed by atoms with Gasteiger partial charge in [-0.15, -0.1) is 5.10 Å². The molecule has 2 aliphatic rings. The zero-order chi connectivity index (χ0) is 12.3. The molecule has 3 rings (SSSR count). The monoisotopic (exact) mass is 250 g/mol. The lowest BCUT2D eigenvalue weighted by Gasteiger charge is -2.23. The number of aromatic nitrogens is 3. The van der Waals surface area contributed by atoms with Crippen LogP contribution in [0.2, 0.25) is 0 Å². The highest BCUT2D eigenvalue weighted by Gasteiger charge is 2.41. The Morgan fingerprint density at radius 2 is 2.22 bits per heavy atom. The van der Waals surface area contributed by atoms with Gasteiger partial charge in [0.2, 0.25) is 0 Å². The zero-order valence-corrected chi connectivity index (χ0v) is 10.8. The molecule has 1 unspecified atom stereocenters. The molecule has 1 spiro atoms. The number of nitrogens with one attached hydrogen (secondary N) is 1. The first-order valence-corrected chi connectivity index (χ1v) is 7.09. The summed E-state index contributed by atoms with van der Waals surface area (Å²) in [5.41, 5.74) is 0.262. The standard InChI is InChI=1S/C13H22N4O/c1-2-5-13(4-1)6-3-12(18-13)11-14-7-9-17-10-8-15-16-17/h8,10,12,14H,1-7,9,11H2. The van der Waals surface area contributed by atoms with Crippen molar-refractivity contribution in [1.82, 2.24) is 20.3 Å². The van der Waals surface area contributed by atoms with Crippen LogP contribution >= 0.6 is 0 Å². The first-order chi connectivity index (χ1) is 8.86. The molecule has 1 saturated carbocycles. The summed E-state index contributed by atoms with van der Waals surface area (Å²) in [5, 5.41) is 11.2. The largest absolute Gasteiger partial charge is 0.370 e. The molecule has 100 valence electrons. The third-order valence-corrected chi connectivity index (χ3v) is 4.22. The van der Waals surface area contributed by atoms with Crippen LogP contribution in [0.1, 0.15) is 38.5 Å². The molecule has 0 aromatic carbocycles. The molecular weight excluding hydrogens is 228 g/mol. The lowest BCUT2D eigenvalue weighted by atomic mass is 9.98. The first-order valence-electron chi connectivity index (χ1n) is 7.09. The van der Waals surface area contributed by atoms with E-state index in [9.17, 15) is 0 Å². The second-order valence-electron chi connectivity index (χ2n) is 5.54. The van der Waals surface area contributed by atoms with Gasteiger partial charge in [0.05, 0.1) is 24.4 Å². The van der Waals surface area contributed by atoms with Gasteiger partial charge in [-0.3, -0.25) is 4.68 Å². The highest BCUT2D eigenvalue weighted by molar-refractivity contribution is 4.93. The van der Waals surface area contributed by atoms with Gasteiger partial charge in [-0.1, -0.05) is 18.1 Å². The average Bonchev–Trinajstić information content (AvgIpc) is 3.10. The number of nitrogens with zero attached hydrogens (tertiary/aromatic N) is 3. The molecule has 1 atom stereocenters. The SMILES string of the molecule is c1cn(CCNCC2CCC3(CCCC3)O2)nn1. The Kier molecular flexibility index (Phi) is 3.61. The van der Waals surface area contributed by atoms with Crippen molar-refractivity contribution in [2.24, 2.45) is 0 Å². The summed E-state index contributed by atoms with van der Waals surface area (Å²) in [6.45, 7) is 2.77. The maximum Gasteiger partial charge on any atom is 0.0708 e. The Labute approximate surface area is 108 Å². The van der Waals surface area contributed by atoms with Crippen molar-refractivity contribution in [3.8, 4) is 0 Å². The highest BCUT2D eigenvalue weighted by Crippen LogP contribution is 2.43. The summed E-state index contributed by atoms with van der Waals surface area (Å²) in [4.78, 5) is 0. The lowest BCUT2D eigenvalue weighted by molar-refractivity contribution is -0.0350. The summed E-state index contributed by atoms with van der Waals surface area (Å²) >= 11 is 0. The summed E-state index contributed by atoms with van der Waals surface area (Å²) in [6.07, 6.45) is 11.8. The van der Waals surface area contributed by atoms with Gasteiger partial charge in [0.15, 0.2) is 0 Å². The minimum absolute atomic E-state index is 0.262. The van der Waals surface area contributed by atoms with E-state index in [0.717, 1.165) is 19.6 Å². The van der Waals surface area contributed by atoms with Crippen LogP contribution in [0.25, 0.3) is 0 Å². The van der Waals surface area contributed by atoms with Crippen LogP contribution in [-0.2, 0) is 11.3 Å². The minimum atomic E-state index is 0.262. The van der Waals surface area contributed by atoms with Gasteiger partial charge in [0, 0.05) is 19.3 Å². The fourth-order valence-electron chi connectivity index (χ4n) is 3.23. The fraction of sp³-hybridized carbons (Fsp3) is 0.846. The maximum absolute atomic E-state index is 6.25. The molecule has 1 aromatic heterocycles. The van der Waals surface area contributed by atoms with E-state index < -0.39 is 0 Å². The molecule has 2 fully saturated rings. The van der Waals surface area contributed by atoms with Gasteiger partial charge in [-0.2, -0.15) is 0 Å². The molecule has 0 bridgehead atoms. The van der Waals surface area contributed by atoms with Crippen LogP contribution in [0.4, 0.5) is 0 Å². The second kappa shape index (κ2) is 5.36. The quantitative estimate of drug-likeness (QED) is 0.802. The van der Waals surface area contributed by atoms with Crippen molar-refractivity contribution in [1.29, 1.82) is 0 Å². The fourth-order valence-corrected chi connectivity index (χ4v) is 3.23. The smallest absolute Gasteiger partial charge is 0.0708 e. The van der Waals surface area contributed by atoms with Crippen molar-refractivity contribution in [2.75, 3.05) is 13.1 Å². The topological polar surface area (TPSA) is 52.0 Å². The van der Waals surface area contributed by atoms with E-state index in [4.69, 9.17) is 4.74 Å². The molecule has 1 aliphatic heterocycles. The Balaban J connectivity index is 1.34. The van der Waals surface area contributed by atoms with Gasteiger partial charge in [0.25, 0.3) is 0 Å². The Bertz CT molecular complexity index is 359. The third-order valence-electron chi connectivity index (χ3n) is 4.22. The van der Waals surface area contributed by atoms with Crippen LogP contribution in [0.15, 0.2) is 12.4 Å². The lowest BCUT2D eigenvalue weighted by Crippen LogP contribution is -2.32. The third kappa shape index (κ3) is 2.72. The molecule has 1 N–H and O–H groups in total. The van der Waals surface area contributed by atoms with Gasteiger partial charge >= 0.3 is 0 Å². The molecule has 5 heteroatoms. The summed E-state index contributed by atoms with van der Waals surface area (Å²) < 4.78 is 8.10. The summed E-state index contributed by atoms with van der Waals surface area (Å²) in [5.74, 6) is 0. The molecule has 0 radical (unpaired) electrons. The highest BCUT2D eigenvalue weighted by atomic mass is 16.5. The molecule has 1 aliphatic carbocycles. The van der Waals surface area contributed by atoms with Crippen molar-refractivity contribution in [3.63, 3.8) is 0 Å². The van der Waals surface area contributed by atoms with Crippen molar-refractivity contribution >= 4 is 0 Å². The van der Waals surface area contributed by atoms with Crippen LogP contribution in [-0.4, -0.2) is 39.8 Å². The van der Waals surface area contributed by atoms with E-state index >= 15 is 0 Å². The minimum Gasteiger partial charge on any atom is -0.370 e. The summed E-state index contributed by atoms with van der Waals surface area (Å²) in [6, 6.07) is 0. The predicted molar refractivity (Wildman–Crippen MR) is 68.2 cm³/mol. The van der Waals surface area contributed by atoms with Gasteiger partial charge < -0.3 is 10.1 Å². The predicted octanol–water partition coefficient (Wildman–Crippen LogP) is 1.36. The number of ether oxygens (including phenoxy) is 1. The molecule has 2 heterocycles. The number of hydrogen-bond acceptors (Lipinski definition) is 4. The van der Waals surface area contributed by atoms with Crippen molar-refractivity contribution in [2.45, 2.75) is 56.8 Å². The molecule has 1 saturated heterocycles. The normalized spacial score (nSPS) is 26.1. The Morgan fingerprint density at radius 3 is 3.00 bits per heavy atom. The second-order valence-corrected chi connectivity index (χ2v) is 5.54. The van der Waals surface area contributed by atoms with E-state index in [1.54, 1.807) is 6.20 Å². The zero-order valence-electron chi connectivity index (χ0n) is 10.8. The van der Waals surface area contributed by atoms with Crippen LogP contribution in [0.5, 0.6) is 0 Å². The molecule has 5 nitrogen and oxygen atoms in total. The first kappa shape index (κ1) is 12.1. The van der Waals surface area contributed by atoms with Gasteiger partial charge in [-0.25, -0.2) is 0 Å². The van der Waals surface area contributed by atoms with E-state index in [1.807, 2.05) is 10.9 Å².